The van der Waals surface area contributed by atoms with E-state index in [-0.39, 0.29) is 0 Å². The third-order valence-corrected chi connectivity index (χ3v) is 2.04. The molecule has 1 saturated heterocycles. The Morgan fingerprint density at radius 1 is 1.38 bits per heavy atom. The van der Waals surface area contributed by atoms with Gasteiger partial charge in [-0.2, -0.15) is 0 Å². The molecular formula is C7H13FO5. The minimum Gasteiger partial charge on any atom is -0.394 e. The van der Waals surface area contributed by atoms with E-state index in [4.69, 9.17) is 14.9 Å². The van der Waals surface area contributed by atoms with Gasteiger partial charge in [0.1, 0.15) is 18.3 Å². The molecule has 6 heteroatoms. The Bertz CT molecular complexity index is 147. The average molecular weight is 196 g/mol. The van der Waals surface area contributed by atoms with Gasteiger partial charge in [-0.3, -0.25) is 0 Å². The highest BCUT2D eigenvalue weighted by molar-refractivity contribution is 4.88. The van der Waals surface area contributed by atoms with Crippen molar-refractivity contribution >= 4 is 0 Å². The van der Waals surface area contributed by atoms with E-state index < -0.39 is 37.4 Å². The molecule has 0 spiro atoms. The van der Waals surface area contributed by atoms with Crippen LogP contribution in [0.5, 0.6) is 0 Å². The smallest absolute Gasteiger partial charge is 0.191 e. The lowest BCUT2D eigenvalue weighted by Crippen LogP contribution is -2.57. The number of rotatable bonds is 2. The first-order valence-electron chi connectivity index (χ1n) is 3.91. The van der Waals surface area contributed by atoms with Crippen molar-refractivity contribution in [2.75, 3.05) is 13.7 Å². The molecule has 1 aliphatic rings. The first-order chi connectivity index (χ1) is 6.11. The molecule has 13 heavy (non-hydrogen) atoms. The van der Waals surface area contributed by atoms with Crippen LogP contribution in [0, 0.1) is 0 Å². The standard InChI is InChI=1S/C7H13FO5/c1-12-7-4(8)6(11)5(10)3(2-9)13-7/h3-7,9-11H,2H2,1H3/t3-,4+,5+,6-,7-/m1/s1. The summed E-state index contributed by atoms with van der Waals surface area (Å²) in [7, 11) is 1.22. The van der Waals surface area contributed by atoms with Crippen LogP contribution in [0.1, 0.15) is 0 Å². The third kappa shape index (κ3) is 1.97. The Kier molecular flexibility index (Phi) is 3.57. The topological polar surface area (TPSA) is 79.2 Å². The zero-order valence-corrected chi connectivity index (χ0v) is 7.13. The van der Waals surface area contributed by atoms with E-state index in [0.717, 1.165) is 0 Å². The van der Waals surface area contributed by atoms with Crippen molar-refractivity contribution in [1.29, 1.82) is 0 Å². The van der Waals surface area contributed by atoms with E-state index in [9.17, 15) is 9.50 Å². The number of methoxy groups -OCH3 is 1. The number of ether oxygens (including phenoxy) is 2. The molecule has 0 saturated carbocycles. The van der Waals surface area contributed by atoms with Crippen LogP contribution in [-0.2, 0) is 9.47 Å². The lowest BCUT2D eigenvalue weighted by Gasteiger charge is -2.37. The Morgan fingerprint density at radius 2 is 2.00 bits per heavy atom. The molecule has 3 N–H and O–H groups in total. The van der Waals surface area contributed by atoms with Gasteiger partial charge in [0.25, 0.3) is 0 Å². The van der Waals surface area contributed by atoms with Gasteiger partial charge in [0.05, 0.1) is 6.61 Å². The monoisotopic (exact) mass is 196 g/mol. The van der Waals surface area contributed by atoms with Crippen molar-refractivity contribution in [3.05, 3.63) is 0 Å². The van der Waals surface area contributed by atoms with Crippen LogP contribution in [0.25, 0.3) is 0 Å². The molecule has 1 fully saturated rings. The fourth-order valence-corrected chi connectivity index (χ4v) is 1.23. The maximum Gasteiger partial charge on any atom is 0.191 e. The van der Waals surface area contributed by atoms with Gasteiger partial charge in [0, 0.05) is 7.11 Å². The van der Waals surface area contributed by atoms with Gasteiger partial charge in [-0.1, -0.05) is 0 Å². The highest BCUT2D eigenvalue weighted by Crippen LogP contribution is 2.23. The Labute approximate surface area is 74.7 Å². The number of hydrogen-bond donors (Lipinski definition) is 3. The van der Waals surface area contributed by atoms with Crippen molar-refractivity contribution in [1.82, 2.24) is 0 Å². The first kappa shape index (κ1) is 10.8. The quantitative estimate of drug-likeness (QED) is 0.496. The van der Waals surface area contributed by atoms with Gasteiger partial charge >= 0.3 is 0 Å². The number of halogens is 1. The van der Waals surface area contributed by atoms with E-state index in [1.165, 1.54) is 7.11 Å². The van der Waals surface area contributed by atoms with Crippen LogP contribution in [0.4, 0.5) is 4.39 Å². The largest absolute Gasteiger partial charge is 0.394 e. The Hall–Kier alpha value is -0.270. The third-order valence-electron chi connectivity index (χ3n) is 2.04. The van der Waals surface area contributed by atoms with Crippen LogP contribution in [0.2, 0.25) is 0 Å². The highest BCUT2D eigenvalue weighted by Gasteiger charge is 2.44. The fourth-order valence-electron chi connectivity index (χ4n) is 1.23. The van der Waals surface area contributed by atoms with Crippen molar-refractivity contribution < 1.29 is 29.2 Å². The van der Waals surface area contributed by atoms with Crippen LogP contribution in [0.3, 0.4) is 0 Å². The molecule has 0 unspecified atom stereocenters. The molecule has 5 atom stereocenters. The number of aliphatic hydroxyl groups is 3. The molecule has 0 aromatic rings. The molecule has 1 rings (SSSR count). The zero-order chi connectivity index (χ0) is 10.0. The van der Waals surface area contributed by atoms with Gasteiger partial charge in [-0.05, 0) is 0 Å². The number of aliphatic hydroxyl groups excluding tert-OH is 3. The van der Waals surface area contributed by atoms with Gasteiger partial charge in [0.2, 0.25) is 0 Å². The first-order valence-corrected chi connectivity index (χ1v) is 3.91. The number of hydrogen-bond acceptors (Lipinski definition) is 5. The van der Waals surface area contributed by atoms with E-state index in [1.807, 2.05) is 0 Å². The van der Waals surface area contributed by atoms with Crippen molar-refractivity contribution in [2.24, 2.45) is 0 Å². The summed E-state index contributed by atoms with van der Waals surface area (Å²) in [6.45, 7) is -0.495. The second-order valence-corrected chi connectivity index (χ2v) is 2.89. The van der Waals surface area contributed by atoms with Gasteiger partial charge < -0.3 is 24.8 Å². The summed E-state index contributed by atoms with van der Waals surface area (Å²) in [5.41, 5.74) is 0. The Morgan fingerprint density at radius 3 is 2.46 bits per heavy atom. The summed E-state index contributed by atoms with van der Waals surface area (Å²) in [5.74, 6) is 0. The van der Waals surface area contributed by atoms with Crippen molar-refractivity contribution in [3.8, 4) is 0 Å². The summed E-state index contributed by atoms with van der Waals surface area (Å²) < 4.78 is 22.5. The second-order valence-electron chi connectivity index (χ2n) is 2.89. The molecule has 5 nitrogen and oxygen atoms in total. The van der Waals surface area contributed by atoms with Crippen LogP contribution < -0.4 is 0 Å². The molecule has 1 heterocycles. The normalized spacial score (nSPS) is 46.4. The van der Waals surface area contributed by atoms with E-state index in [1.54, 1.807) is 0 Å². The molecule has 78 valence electrons. The molecule has 1 aliphatic heterocycles. The second kappa shape index (κ2) is 4.30. The van der Waals surface area contributed by atoms with Crippen molar-refractivity contribution in [2.45, 2.75) is 30.8 Å². The molecule has 0 amide bonds. The molecule has 0 bridgehead atoms. The number of alkyl halides is 1. The molecule has 0 aromatic carbocycles. The molecule has 0 radical (unpaired) electrons. The van der Waals surface area contributed by atoms with Gasteiger partial charge in [-0.25, -0.2) is 4.39 Å². The van der Waals surface area contributed by atoms with Gasteiger partial charge in [-0.15, -0.1) is 0 Å². The predicted octanol–water partition coefficient (Wildman–Crippen LogP) is -1.59. The summed E-state index contributed by atoms with van der Waals surface area (Å²) >= 11 is 0. The molecular weight excluding hydrogens is 183 g/mol. The maximum absolute atomic E-state index is 13.1. The lowest BCUT2D eigenvalue weighted by atomic mass is 10.0. The lowest BCUT2D eigenvalue weighted by molar-refractivity contribution is -0.279. The SMILES string of the molecule is CO[C@@H]1O[C@H](CO)[C@H](O)[C@H](O)[C@@H]1F. The fraction of sp³-hybridized carbons (Fsp3) is 1.00. The van der Waals surface area contributed by atoms with E-state index in [0.29, 0.717) is 0 Å². The van der Waals surface area contributed by atoms with Crippen LogP contribution >= 0.6 is 0 Å². The summed E-state index contributed by atoms with van der Waals surface area (Å²) in [6, 6.07) is 0. The zero-order valence-electron chi connectivity index (χ0n) is 7.13. The summed E-state index contributed by atoms with van der Waals surface area (Å²) in [6.07, 6.45) is -7.06. The van der Waals surface area contributed by atoms with Crippen LogP contribution in [-0.4, -0.2) is 59.8 Å². The summed E-state index contributed by atoms with van der Waals surface area (Å²) in [5, 5.41) is 27.0. The van der Waals surface area contributed by atoms with Gasteiger partial charge in [0.15, 0.2) is 12.5 Å². The summed E-state index contributed by atoms with van der Waals surface area (Å²) in [4.78, 5) is 0. The molecule has 0 aliphatic carbocycles. The van der Waals surface area contributed by atoms with Crippen LogP contribution in [0.15, 0.2) is 0 Å². The van der Waals surface area contributed by atoms with Crippen molar-refractivity contribution in [3.63, 3.8) is 0 Å². The Balaban J connectivity index is 2.66. The minimum atomic E-state index is -1.80. The predicted molar refractivity (Wildman–Crippen MR) is 39.7 cm³/mol. The van der Waals surface area contributed by atoms with E-state index >= 15 is 0 Å². The maximum atomic E-state index is 13.1. The average Bonchev–Trinajstić information content (AvgIpc) is 2.15. The molecule has 0 aromatic heterocycles. The minimum absolute atomic E-state index is 0.495. The highest BCUT2D eigenvalue weighted by atomic mass is 19.1. The van der Waals surface area contributed by atoms with E-state index in [2.05, 4.69) is 4.74 Å².